The SMILES string of the molecule is C#CC#CC#CC#CC#COc1cccc(-c2cc(C)c(OC)cc2/C=C/C)c1. The van der Waals surface area contributed by atoms with Crippen molar-refractivity contribution in [2.45, 2.75) is 13.8 Å². The second kappa shape index (κ2) is 11.3. The summed E-state index contributed by atoms with van der Waals surface area (Å²) in [4.78, 5) is 0. The summed E-state index contributed by atoms with van der Waals surface area (Å²) in [6.07, 6.45) is 11.6. The number of methoxy groups -OCH3 is 1. The number of ether oxygens (including phenoxy) is 2. The molecule has 2 aromatic rings. The molecule has 2 rings (SSSR count). The topological polar surface area (TPSA) is 18.5 Å². The first-order chi connectivity index (χ1) is 14.2. The first-order valence-corrected chi connectivity index (χ1v) is 8.73. The van der Waals surface area contributed by atoms with Gasteiger partial charge >= 0.3 is 0 Å². The number of hydrogen-bond acceptors (Lipinski definition) is 2. The lowest BCUT2D eigenvalue weighted by Gasteiger charge is -2.12. The lowest BCUT2D eigenvalue weighted by molar-refractivity contribution is 0.411. The zero-order valence-electron chi connectivity index (χ0n) is 16.5. The van der Waals surface area contributed by atoms with Crippen molar-refractivity contribution in [3.63, 3.8) is 0 Å². The van der Waals surface area contributed by atoms with E-state index in [2.05, 4.69) is 65.6 Å². The van der Waals surface area contributed by atoms with Crippen LogP contribution >= 0.6 is 0 Å². The van der Waals surface area contributed by atoms with E-state index in [1.54, 1.807) is 7.11 Å². The maximum atomic E-state index is 5.48. The zero-order valence-corrected chi connectivity index (χ0v) is 16.5. The third kappa shape index (κ3) is 6.35. The third-order valence-electron chi connectivity index (χ3n) is 3.73. The second-order valence-electron chi connectivity index (χ2n) is 5.66. The van der Waals surface area contributed by atoms with Crippen LogP contribution in [0, 0.1) is 66.8 Å². The van der Waals surface area contributed by atoms with Crippen LogP contribution in [-0.2, 0) is 0 Å². The fraction of sp³-hybridized carbons (Fsp3) is 0.111. The molecular weight excluding hydrogens is 356 g/mol. The van der Waals surface area contributed by atoms with Gasteiger partial charge in [0, 0.05) is 23.7 Å². The van der Waals surface area contributed by atoms with Crippen LogP contribution in [0.2, 0.25) is 0 Å². The number of allylic oxidation sites excluding steroid dienone is 1. The van der Waals surface area contributed by atoms with E-state index in [0.717, 1.165) is 28.0 Å². The molecule has 0 heterocycles. The van der Waals surface area contributed by atoms with Gasteiger partial charge in [0.05, 0.1) is 7.11 Å². The summed E-state index contributed by atoms with van der Waals surface area (Å²) >= 11 is 0. The van der Waals surface area contributed by atoms with Crippen LogP contribution in [0.4, 0.5) is 0 Å². The van der Waals surface area contributed by atoms with Crippen molar-refractivity contribution < 1.29 is 9.47 Å². The Morgan fingerprint density at radius 1 is 0.931 bits per heavy atom. The van der Waals surface area contributed by atoms with E-state index in [0.29, 0.717) is 5.75 Å². The Morgan fingerprint density at radius 3 is 2.34 bits per heavy atom. The van der Waals surface area contributed by atoms with E-state index in [4.69, 9.17) is 15.9 Å². The molecule has 0 aliphatic heterocycles. The van der Waals surface area contributed by atoms with E-state index < -0.39 is 0 Å². The summed E-state index contributed by atoms with van der Waals surface area (Å²) < 4.78 is 10.9. The summed E-state index contributed by atoms with van der Waals surface area (Å²) in [5.74, 6) is 21.2. The summed E-state index contributed by atoms with van der Waals surface area (Å²) in [5.41, 5.74) is 4.23. The third-order valence-corrected chi connectivity index (χ3v) is 3.73. The van der Waals surface area contributed by atoms with Crippen LogP contribution in [0.15, 0.2) is 42.5 Å². The maximum Gasteiger partial charge on any atom is 0.140 e. The molecular formula is C27H18O2. The summed E-state index contributed by atoms with van der Waals surface area (Å²) in [5, 5.41) is 0. The Bertz CT molecular complexity index is 1210. The molecule has 0 aliphatic carbocycles. The van der Waals surface area contributed by atoms with E-state index in [-0.39, 0.29) is 0 Å². The Morgan fingerprint density at radius 2 is 1.66 bits per heavy atom. The highest BCUT2D eigenvalue weighted by Crippen LogP contribution is 2.33. The van der Waals surface area contributed by atoms with Crippen LogP contribution in [-0.4, -0.2) is 7.11 Å². The van der Waals surface area contributed by atoms with Gasteiger partial charge in [-0.15, -0.1) is 6.42 Å². The molecule has 0 amide bonds. The first-order valence-electron chi connectivity index (χ1n) is 8.73. The van der Waals surface area contributed by atoms with Crippen molar-refractivity contribution in [2.75, 3.05) is 7.11 Å². The van der Waals surface area contributed by atoms with Crippen molar-refractivity contribution in [3.05, 3.63) is 53.6 Å². The minimum absolute atomic E-state index is 0.627. The number of benzene rings is 2. The van der Waals surface area contributed by atoms with Crippen LogP contribution in [0.25, 0.3) is 17.2 Å². The van der Waals surface area contributed by atoms with Gasteiger partial charge in [0.25, 0.3) is 0 Å². The quantitative estimate of drug-likeness (QED) is 0.723. The van der Waals surface area contributed by atoms with Crippen LogP contribution < -0.4 is 9.47 Å². The molecule has 0 radical (unpaired) electrons. The smallest absolute Gasteiger partial charge is 0.140 e. The van der Waals surface area contributed by atoms with Crippen molar-refractivity contribution in [1.82, 2.24) is 0 Å². The van der Waals surface area contributed by atoms with E-state index in [1.807, 2.05) is 50.3 Å². The summed E-state index contributed by atoms with van der Waals surface area (Å²) in [6, 6.07) is 11.9. The maximum absolute atomic E-state index is 5.48. The van der Waals surface area contributed by atoms with Crippen molar-refractivity contribution in [3.8, 4) is 82.5 Å². The lowest BCUT2D eigenvalue weighted by Crippen LogP contribution is -1.92. The molecule has 0 aromatic heterocycles. The number of rotatable bonds is 4. The average Bonchev–Trinajstić information content (AvgIpc) is 2.74. The second-order valence-corrected chi connectivity index (χ2v) is 5.66. The highest BCUT2D eigenvalue weighted by atomic mass is 16.5. The average molecular weight is 374 g/mol. The minimum atomic E-state index is 0.627. The molecule has 0 N–H and O–H groups in total. The van der Waals surface area contributed by atoms with Crippen molar-refractivity contribution >= 4 is 6.08 Å². The molecule has 0 fully saturated rings. The van der Waals surface area contributed by atoms with Gasteiger partial charge in [-0.05, 0) is 84.0 Å². The van der Waals surface area contributed by atoms with Crippen LogP contribution in [0.5, 0.6) is 11.5 Å². The summed E-state index contributed by atoms with van der Waals surface area (Å²) in [7, 11) is 1.67. The molecule has 2 heteroatoms. The highest BCUT2D eigenvalue weighted by Gasteiger charge is 2.09. The van der Waals surface area contributed by atoms with Gasteiger partial charge in [0.1, 0.15) is 17.6 Å². The number of terminal acetylenes is 1. The van der Waals surface area contributed by atoms with Gasteiger partial charge in [0.15, 0.2) is 0 Å². The van der Waals surface area contributed by atoms with Gasteiger partial charge < -0.3 is 9.47 Å². The van der Waals surface area contributed by atoms with Crippen molar-refractivity contribution in [1.29, 1.82) is 0 Å². The standard InChI is InChI=1S/C27H18O2/c1-5-7-8-9-10-11-12-13-18-29-25-17-14-16-24(20-25)26-19-22(3)27(28-4)21-23(26)15-6-2/h1,6,14-17,19-21H,2-4H3/b15-6+. The fourth-order valence-corrected chi connectivity index (χ4v) is 2.52. The molecule has 0 atom stereocenters. The molecule has 0 spiro atoms. The molecule has 138 valence electrons. The Balaban J connectivity index is 2.24. The fourth-order valence-electron chi connectivity index (χ4n) is 2.52. The van der Waals surface area contributed by atoms with Gasteiger partial charge in [-0.3, -0.25) is 0 Å². The molecule has 0 saturated carbocycles. The molecule has 29 heavy (non-hydrogen) atoms. The minimum Gasteiger partial charge on any atom is -0.496 e. The van der Waals surface area contributed by atoms with Crippen molar-refractivity contribution in [2.24, 2.45) is 0 Å². The van der Waals surface area contributed by atoms with E-state index >= 15 is 0 Å². The number of hydrogen-bond donors (Lipinski definition) is 0. The monoisotopic (exact) mass is 374 g/mol. The molecule has 0 saturated heterocycles. The molecule has 0 aliphatic rings. The van der Waals surface area contributed by atoms with E-state index in [1.165, 1.54) is 0 Å². The lowest BCUT2D eigenvalue weighted by atomic mass is 9.96. The van der Waals surface area contributed by atoms with Gasteiger partial charge in [-0.25, -0.2) is 0 Å². The van der Waals surface area contributed by atoms with Gasteiger partial charge in [-0.1, -0.05) is 24.3 Å². The van der Waals surface area contributed by atoms with Crippen LogP contribution in [0.3, 0.4) is 0 Å². The Hall–Kier alpha value is -4.42. The molecule has 0 unspecified atom stereocenters. The first kappa shape index (κ1) is 20.9. The highest BCUT2D eigenvalue weighted by molar-refractivity contribution is 5.78. The van der Waals surface area contributed by atoms with E-state index in [9.17, 15) is 0 Å². The molecule has 2 aromatic carbocycles. The Labute approximate surface area is 172 Å². The van der Waals surface area contributed by atoms with Gasteiger partial charge in [0.2, 0.25) is 0 Å². The zero-order chi connectivity index (χ0) is 20.9. The normalized spacial score (nSPS) is 8.62. The number of aryl methyl sites for hydroxylation is 1. The predicted molar refractivity (Wildman–Crippen MR) is 118 cm³/mol. The molecule has 0 bridgehead atoms. The van der Waals surface area contributed by atoms with Crippen LogP contribution in [0.1, 0.15) is 18.1 Å². The predicted octanol–water partition coefficient (Wildman–Crippen LogP) is 4.69. The summed E-state index contributed by atoms with van der Waals surface area (Å²) in [6.45, 7) is 4.01. The largest absolute Gasteiger partial charge is 0.496 e. The Kier molecular flexibility index (Phi) is 8.16. The van der Waals surface area contributed by atoms with Gasteiger partial charge in [-0.2, -0.15) is 0 Å². The molecule has 2 nitrogen and oxygen atoms in total.